The van der Waals surface area contributed by atoms with E-state index in [4.69, 9.17) is 4.42 Å². The molecule has 0 radical (unpaired) electrons. The number of nitrogens with zero attached hydrogens (tertiary/aromatic N) is 4. The molecule has 0 fully saturated rings. The zero-order valence-electron chi connectivity index (χ0n) is 15.7. The third-order valence-electron chi connectivity index (χ3n) is 4.51. The van der Waals surface area contributed by atoms with Crippen molar-refractivity contribution in [2.75, 3.05) is 19.6 Å². The van der Waals surface area contributed by atoms with Crippen molar-refractivity contribution in [3.05, 3.63) is 48.0 Å². The second-order valence-corrected chi connectivity index (χ2v) is 7.02. The molecule has 2 aromatic heterocycles. The minimum Gasteiger partial charge on any atom is -0.459 e. The van der Waals surface area contributed by atoms with E-state index in [2.05, 4.69) is 51.0 Å². The van der Waals surface area contributed by atoms with E-state index in [1.54, 1.807) is 12.1 Å². The molecule has 0 saturated heterocycles. The molecule has 140 valence electrons. The number of furan rings is 1. The van der Waals surface area contributed by atoms with Gasteiger partial charge in [0.2, 0.25) is 0 Å². The molecular weight excluding hydrogens is 330 g/mol. The minimum absolute atomic E-state index is 0.235. The summed E-state index contributed by atoms with van der Waals surface area (Å²) in [5, 5.41) is 11.6. The Morgan fingerprint density at radius 1 is 1.31 bits per heavy atom. The fourth-order valence-electron chi connectivity index (χ4n) is 3.11. The fourth-order valence-corrected chi connectivity index (χ4v) is 3.11. The molecule has 3 rings (SSSR count). The van der Waals surface area contributed by atoms with Gasteiger partial charge < -0.3 is 14.3 Å². The monoisotopic (exact) mass is 357 g/mol. The number of fused-ring (bicyclic) bond motifs is 1. The van der Waals surface area contributed by atoms with Crippen LogP contribution in [0.2, 0.25) is 0 Å². The van der Waals surface area contributed by atoms with E-state index < -0.39 is 0 Å². The first-order valence-electron chi connectivity index (χ1n) is 9.20. The summed E-state index contributed by atoms with van der Waals surface area (Å²) in [6.45, 7) is 9.99. The van der Waals surface area contributed by atoms with Crippen LogP contribution in [0, 0.1) is 5.92 Å². The molecule has 1 atom stereocenters. The first-order valence-corrected chi connectivity index (χ1v) is 9.20. The van der Waals surface area contributed by atoms with Crippen LogP contribution >= 0.6 is 0 Å². The average Bonchev–Trinajstić information content (AvgIpc) is 3.23. The Bertz CT molecular complexity index is 748. The van der Waals surface area contributed by atoms with E-state index in [-0.39, 0.29) is 11.9 Å². The Kier molecular flexibility index (Phi) is 5.88. The van der Waals surface area contributed by atoms with Crippen LogP contribution in [0.3, 0.4) is 0 Å². The van der Waals surface area contributed by atoms with Crippen molar-refractivity contribution >= 4 is 5.91 Å². The fraction of sp³-hybridized carbons (Fsp3) is 0.526. The van der Waals surface area contributed by atoms with E-state index in [0.29, 0.717) is 11.7 Å². The van der Waals surface area contributed by atoms with Crippen LogP contribution in [-0.4, -0.2) is 45.2 Å². The van der Waals surface area contributed by atoms with Gasteiger partial charge in [0.15, 0.2) is 11.6 Å². The van der Waals surface area contributed by atoms with E-state index in [1.165, 1.54) is 6.26 Å². The molecule has 1 amide bonds. The Labute approximate surface area is 154 Å². The second kappa shape index (κ2) is 8.31. The molecule has 7 nitrogen and oxygen atoms in total. The molecule has 1 aliphatic rings. The van der Waals surface area contributed by atoms with Crippen molar-refractivity contribution in [3.8, 4) is 0 Å². The van der Waals surface area contributed by atoms with Crippen molar-refractivity contribution in [2.24, 2.45) is 5.92 Å². The minimum atomic E-state index is -0.242. The Morgan fingerprint density at radius 3 is 2.88 bits per heavy atom. The van der Waals surface area contributed by atoms with Gasteiger partial charge in [0.05, 0.1) is 12.3 Å². The molecular formula is C19H27N5O2. The van der Waals surface area contributed by atoms with Crippen LogP contribution in [-0.2, 0) is 13.0 Å². The van der Waals surface area contributed by atoms with E-state index in [9.17, 15) is 4.79 Å². The lowest BCUT2D eigenvalue weighted by Crippen LogP contribution is -2.30. The number of carbonyl (C=O) groups is 1. The summed E-state index contributed by atoms with van der Waals surface area (Å²) in [4.78, 5) is 14.6. The normalized spacial score (nSPS) is 16.6. The molecule has 3 heterocycles. The molecule has 1 N–H and O–H groups in total. The molecule has 0 aromatic carbocycles. The lowest BCUT2D eigenvalue weighted by molar-refractivity contribution is 0.0909. The SMILES string of the molecule is CC(C)/C=C/CN1CCc2nnc(C(C)NC(=O)c3ccco3)n2CC1. The number of aromatic nitrogens is 3. The molecule has 0 aliphatic carbocycles. The van der Waals surface area contributed by atoms with E-state index in [0.717, 1.165) is 44.2 Å². The van der Waals surface area contributed by atoms with Crippen molar-refractivity contribution in [1.29, 1.82) is 0 Å². The van der Waals surface area contributed by atoms with Gasteiger partial charge in [0.25, 0.3) is 5.91 Å². The average molecular weight is 357 g/mol. The highest BCUT2D eigenvalue weighted by Gasteiger charge is 2.23. The third-order valence-corrected chi connectivity index (χ3v) is 4.51. The van der Waals surface area contributed by atoms with Gasteiger partial charge >= 0.3 is 0 Å². The molecule has 1 unspecified atom stereocenters. The van der Waals surface area contributed by atoms with Crippen LogP contribution in [0.5, 0.6) is 0 Å². The largest absolute Gasteiger partial charge is 0.459 e. The molecule has 2 aromatic rings. The zero-order valence-corrected chi connectivity index (χ0v) is 15.7. The van der Waals surface area contributed by atoms with Crippen molar-refractivity contribution in [2.45, 2.75) is 39.8 Å². The summed E-state index contributed by atoms with van der Waals surface area (Å²) in [5.74, 6) is 2.41. The number of allylic oxidation sites excluding steroid dienone is 1. The summed E-state index contributed by atoms with van der Waals surface area (Å²) in [6.07, 6.45) is 6.83. The Balaban J connectivity index is 1.63. The van der Waals surface area contributed by atoms with Crippen LogP contribution in [0.25, 0.3) is 0 Å². The maximum atomic E-state index is 12.2. The van der Waals surface area contributed by atoms with Gasteiger partial charge in [0.1, 0.15) is 5.82 Å². The smallest absolute Gasteiger partial charge is 0.287 e. The highest BCUT2D eigenvalue weighted by molar-refractivity contribution is 5.91. The number of carbonyl (C=O) groups excluding carboxylic acids is 1. The quantitative estimate of drug-likeness (QED) is 0.804. The summed E-state index contributed by atoms with van der Waals surface area (Å²) in [7, 11) is 0. The second-order valence-electron chi connectivity index (χ2n) is 7.02. The first-order chi connectivity index (χ1) is 12.5. The lowest BCUT2D eigenvalue weighted by atomic mass is 10.2. The first kappa shape index (κ1) is 18.4. The number of nitrogens with one attached hydrogen (secondary N) is 1. The summed E-state index contributed by atoms with van der Waals surface area (Å²) < 4.78 is 7.28. The van der Waals surface area contributed by atoms with Crippen LogP contribution < -0.4 is 5.32 Å². The van der Waals surface area contributed by atoms with Gasteiger partial charge in [-0.15, -0.1) is 10.2 Å². The standard InChI is InChI=1S/C19H27N5O2/c1-14(2)6-4-9-23-10-8-17-21-22-18(24(17)12-11-23)15(3)20-19(25)16-7-5-13-26-16/h4-7,13-15H,8-12H2,1-3H3,(H,20,25)/b6-4+. The Hall–Kier alpha value is -2.41. The van der Waals surface area contributed by atoms with Crippen molar-refractivity contribution in [1.82, 2.24) is 25.0 Å². The highest BCUT2D eigenvalue weighted by atomic mass is 16.3. The lowest BCUT2D eigenvalue weighted by Gasteiger charge is -2.18. The maximum absolute atomic E-state index is 12.2. The van der Waals surface area contributed by atoms with Crippen LogP contribution in [0.4, 0.5) is 0 Å². The molecule has 0 bridgehead atoms. The molecule has 26 heavy (non-hydrogen) atoms. The molecule has 0 spiro atoms. The summed E-state index contributed by atoms with van der Waals surface area (Å²) in [5.41, 5.74) is 0. The Morgan fingerprint density at radius 2 is 2.15 bits per heavy atom. The van der Waals surface area contributed by atoms with Gasteiger partial charge in [-0.1, -0.05) is 26.0 Å². The van der Waals surface area contributed by atoms with Gasteiger partial charge in [0, 0.05) is 32.6 Å². The summed E-state index contributed by atoms with van der Waals surface area (Å²) >= 11 is 0. The number of hydrogen-bond donors (Lipinski definition) is 1. The highest BCUT2D eigenvalue weighted by Crippen LogP contribution is 2.16. The number of hydrogen-bond acceptors (Lipinski definition) is 5. The van der Waals surface area contributed by atoms with Gasteiger partial charge in [-0.05, 0) is 25.0 Å². The zero-order chi connectivity index (χ0) is 18.5. The van der Waals surface area contributed by atoms with Gasteiger partial charge in [-0.25, -0.2) is 0 Å². The topological polar surface area (TPSA) is 76.2 Å². The van der Waals surface area contributed by atoms with Crippen molar-refractivity contribution < 1.29 is 9.21 Å². The third kappa shape index (κ3) is 4.40. The predicted molar refractivity (Wildman–Crippen MR) is 98.7 cm³/mol. The molecule has 0 saturated carbocycles. The number of rotatable bonds is 6. The van der Waals surface area contributed by atoms with E-state index in [1.807, 2.05) is 6.92 Å². The van der Waals surface area contributed by atoms with Gasteiger partial charge in [-0.2, -0.15) is 0 Å². The van der Waals surface area contributed by atoms with E-state index >= 15 is 0 Å². The van der Waals surface area contributed by atoms with Gasteiger partial charge in [-0.3, -0.25) is 9.69 Å². The summed E-state index contributed by atoms with van der Waals surface area (Å²) in [6, 6.07) is 3.11. The number of amides is 1. The predicted octanol–water partition coefficient (Wildman–Crippen LogP) is 2.43. The van der Waals surface area contributed by atoms with Crippen LogP contribution in [0.15, 0.2) is 35.0 Å². The maximum Gasteiger partial charge on any atom is 0.287 e. The molecule has 7 heteroatoms. The van der Waals surface area contributed by atoms with Crippen molar-refractivity contribution in [3.63, 3.8) is 0 Å². The van der Waals surface area contributed by atoms with Crippen LogP contribution in [0.1, 0.15) is 49.0 Å². The molecule has 1 aliphatic heterocycles.